The van der Waals surface area contributed by atoms with Gasteiger partial charge in [-0.1, -0.05) is 17.7 Å². The number of fused-ring (bicyclic) bond motifs is 3. The van der Waals surface area contributed by atoms with Crippen LogP contribution in [0.25, 0.3) is 20.3 Å². The summed E-state index contributed by atoms with van der Waals surface area (Å²) in [5.41, 5.74) is -0.188. The summed E-state index contributed by atoms with van der Waals surface area (Å²) in [6, 6.07) is 5.44. The molecule has 6 heteroatoms. The Hall–Kier alpha value is -1.59. The van der Waals surface area contributed by atoms with Gasteiger partial charge in [-0.2, -0.15) is 0 Å². The number of aromatic nitrogens is 2. The van der Waals surface area contributed by atoms with Crippen LogP contribution in [0, 0.1) is 0 Å². The molecule has 86 valence electrons. The first kappa shape index (κ1) is 10.6. The second-order valence-corrected chi connectivity index (χ2v) is 5.17. The summed E-state index contributed by atoms with van der Waals surface area (Å²) in [5, 5.41) is 1.28. The largest absolute Gasteiger partial charge is 0.328 e. The molecule has 0 fully saturated rings. The summed E-state index contributed by atoms with van der Waals surface area (Å²) in [6.45, 7) is 0. The SMILES string of the molecule is Cn1c(=O)[nH]c2c(sc3cccc(Cl)c32)c1=O. The average Bonchev–Trinajstić information content (AvgIpc) is 2.66. The molecular weight excluding hydrogens is 260 g/mol. The van der Waals surface area contributed by atoms with Crippen LogP contribution in [0.5, 0.6) is 0 Å². The standard InChI is InChI=1S/C11H7ClN2O2S/c1-14-10(15)9-8(13-11(14)16)7-5(12)3-2-4-6(7)17-9/h2-4H,1H3,(H,13,16). The Morgan fingerprint density at radius 2 is 2.12 bits per heavy atom. The Labute approximate surface area is 104 Å². The van der Waals surface area contributed by atoms with Crippen LogP contribution in [0.3, 0.4) is 0 Å². The van der Waals surface area contributed by atoms with Crippen LogP contribution < -0.4 is 11.2 Å². The first-order valence-corrected chi connectivity index (χ1v) is 6.09. The highest BCUT2D eigenvalue weighted by atomic mass is 35.5. The number of aromatic amines is 1. The van der Waals surface area contributed by atoms with E-state index in [-0.39, 0.29) is 5.56 Å². The molecule has 0 unspecified atom stereocenters. The van der Waals surface area contributed by atoms with Gasteiger partial charge in [-0.25, -0.2) is 4.79 Å². The third kappa shape index (κ3) is 1.36. The third-order valence-corrected chi connectivity index (χ3v) is 4.16. The summed E-state index contributed by atoms with van der Waals surface area (Å²) < 4.78 is 2.48. The molecule has 2 heterocycles. The molecule has 2 aromatic heterocycles. The van der Waals surface area contributed by atoms with Crippen molar-refractivity contribution in [2.45, 2.75) is 0 Å². The molecule has 4 nitrogen and oxygen atoms in total. The van der Waals surface area contributed by atoms with Gasteiger partial charge in [0.2, 0.25) is 0 Å². The van der Waals surface area contributed by atoms with Crippen LogP contribution in [-0.2, 0) is 7.05 Å². The van der Waals surface area contributed by atoms with Crippen molar-refractivity contribution in [3.8, 4) is 0 Å². The average molecular weight is 267 g/mol. The lowest BCUT2D eigenvalue weighted by Gasteiger charge is -1.96. The van der Waals surface area contributed by atoms with Gasteiger partial charge in [0, 0.05) is 17.1 Å². The second kappa shape index (κ2) is 3.45. The Morgan fingerprint density at radius 1 is 1.35 bits per heavy atom. The maximum Gasteiger partial charge on any atom is 0.328 e. The molecule has 0 atom stereocenters. The molecule has 0 bridgehead atoms. The van der Waals surface area contributed by atoms with Crippen molar-refractivity contribution < 1.29 is 0 Å². The fourth-order valence-electron chi connectivity index (χ4n) is 1.81. The Kier molecular flexibility index (Phi) is 2.14. The van der Waals surface area contributed by atoms with Gasteiger partial charge >= 0.3 is 5.69 Å². The van der Waals surface area contributed by atoms with E-state index >= 15 is 0 Å². The molecule has 3 aromatic rings. The van der Waals surface area contributed by atoms with E-state index in [9.17, 15) is 9.59 Å². The van der Waals surface area contributed by atoms with E-state index in [1.54, 1.807) is 6.07 Å². The van der Waals surface area contributed by atoms with Gasteiger partial charge in [0.1, 0.15) is 4.70 Å². The lowest BCUT2D eigenvalue weighted by atomic mass is 10.2. The van der Waals surface area contributed by atoms with Crippen LogP contribution in [-0.4, -0.2) is 9.55 Å². The van der Waals surface area contributed by atoms with E-state index < -0.39 is 5.69 Å². The monoisotopic (exact) mass is 266 g/mol. The van der Waals surface area contributed by atoms with E-state index in [1.165, 1.54) is 18.4 Å². The number of thiophene rings is 1. The van der Waals surface area contributed by atoms with Crippen LogP contribution >= 0.6 is 22.9 Å². The molecule has 0 aliphatic carbocycles. The quantitative estimate of drug-likeness (QED) is 0.677. The van der Waals surface area contributed by atoms with E-state index in [2.05, 4.69) is 4.98 Å². The fourth-order valence-corrected chi connectivity index (χ4v) is 3.30. The fraction of sp³-hybridized carbons (Fsp3) is 0.0909. The zero-order valence-electron chi connectivity index (χ0n) is 8.78. The lowest BCUT2D eigenvalue weighted by molar-refractivity contribution is 0.796. The van der Waals surface area contributed by atoms with Crippen molar-refractivity contribution in [3.05, 3.63) is 44.1 Å². The van der Waals surface area contributed by atoms with Gasteiger partial charge in [-0.15, -0.1) is 11.3 Å². The molecule has 1 N–H and O–H groups in total. The molecule has 3 rings (SSSR count). The molecule has 0 aliphatic rings. The van der Waals surface area contributed by atoms with Crippen LogP contribution in [0.1, 0.15) is 0 Å². The molecule has 0 aliphatic heterocycles. The minimum Gasteiger partial charge on any atom is -0.305 e. The minimum atomic E-state index is -0.429. The Balaban J connectivity index is 2.73. The van der Waals surface area contributed by atoms with Crippen molar-refractivity contribution in [1.29, 1.82) is 0 Å². The van der Waals surface area contributed by atoms with Crippen molar-refractivity contribution in [2.24, 2.45) is 7.05 Å². The molecule has 1 aromatic carbocycles. The minimum absolute atomic E-state index is 0.291. The second-order valence-electron chi connectivity index (χ2n) is 3.71. The number of H-pyrrole nitrogens is 1. The number of halogens is 1. The molecule has 0 spiro atoms. The van der Waals surface area contributed by atoms with Crippen LogP contribution in [0.4, 0.5) is 0 Å². The van der Waals surface area contributed by atoms with E-state index in [0.29, 0.717) is 15.2 Å². The molecule has 17 heavy (non-hydrogen) atoms. The summed E-state index contributed by atoms with van der Waals surface area (Å²) in [5.74, 6) is 0. The number of benzene rings is 1. The van der Waals surface area contributed by atoms with E-state index in [0.717, 1.165) is 14.7 Å². The molecule has 0 amide bonds. The zero-order valence-corrected chi connectivity index (χ0v) is 10.4. The predicted molar refractivity (Wildman–Crippen MR) is 70.2 cm³/mol. The first-order valence-electron chi connectivity index (χ1n) is 4.89. The summed E-state index contributed by atoms with van der Waals surface area (Å²) in [6.07, 6.45) is 0. The predicted octanol–water partition coefficient (Wildman–Crippen LogP) is 2.09. The topological polar surface area (TPSA) is 54.9 Å². The van der Waals surface area contributed by atoms with Crippen molar-refractivity contribution in [2.75, 3.05) is 0 Å². The van der Waals surface area contributed by atoms with Crippen LogP contribution in [0.2, 0.25) is 5.02 Å². The first-order chi connectivity index (χ1) is 8.09. The highest BCUT2D eigenvalue weighted by Gasteiger charge is 2.13. The van der Waals surface area contributed by atoms with Gasteiger partial charge in [-0.3, -0.25) is 9.36 Å². The maximum absolute atomic E-state index is 11.9. The lowest BCUT2D eigenvalue weighted by Crippen LogP contribution is -2.31. The smallest absolute Gasteiger partial charge is 0.305 e. The maximum atomic E-state index is 11.9. The van der Waals surface area contributed by atoms with Crippen molar-refractivity contribution >= 4 is 43.2 Å². The van der Waals surface area contributed by atoms with Crippen molar-refractivity contribution in [3.63, 3.8) is 0 Å². The number of nitrogens with zero attached hydrogens (tertiary/aromatic N) is 1. The van der Waals surface area contributed by atoms with Gasteiger partial charge < -0.3 is 4.98 Å². The number of hydrogen-bond donors (Lipinski definition) is 1. The van der Waals surface area contributed by atoms with Crippen molar-refractivity contribution in [1.82, 2.24) is 9.55 Å². The Bertz CT molecular complexity index is 859. The summed E-state index contributed by atoms with van der Waals surface area (Å²) >= 11 is 7.44. The number of nitrogens with one attached hydrogen (secondary N) is 1. The summed E-state index contributed by atoms with van der Waals surface area (Å²) in [7, 11) is 1.45. The van der Waals surface area contributed by atoms with Gasteiger partial charge in [-0.05, 0) is 12.1 Å². The number of hydrogen-bond acceptors (Lipinski definition) is 3. The van der Waals surface area contributed by atoms with Crippen LogP contribution in [0.15, 0.2) is 27.8 Å². The summed E-state index contributed by atoms with van der Waals surface area (Å²) in [4.78, 5) is 26.2. The molecule has 0 radical (unpaired) electrons. The zero-order chi connectivity index (χ0) is 12.2. The third-order valence-electron chi connectivity index (χ3n) is 2.70. The molecule has 0 saturated heterocycles. The van der Waals surface area contributed by atoms with Gasteiger partial charge in [0.25, 0.3) is 5.56 Å². The normalized spacial score (nSPS) is 11.4. The Morgan fingerprint density at radius 3 is 2.88 bits per heavy atom. The highest BCUT2D eigenvalue weighted by Crippen LogP contribution is 2.34. The highest BCUT2D eigenvalue weighted by molar-refractivity contribution is 7.25. The van der Waals surface area contributed by atoms with E-state index in [1.807, 2.05) is 12.1 Å². The number of rotatable bonds is 0. The molecule has 0 saturated carbocycles. The van der Waals surface area contributed by atoms with E-state index in [4.69, 9.17) is 11.6 Å². The van der Waals surface area contributed by atoms with Gasteiger partial charge in [0.15, 0.2) is 0 Å². The van der Waals surface area contributed by atoms with Gasteiger partial charge in [0.05, 0.1) is 10.5 Å². The molecular formula is C11H7ClN2O2S.